The molecule has 1 amide bonds. The molecule has 0 fully saturated rings. The number of aromatic amines is 1. The first-order chi connectivity index (χ1) is 18.7. The van der Waals surface area contributed by atoms with Crippen LogP contribution in [0.25, 0.3) is 10.2 Å². The average Bonchev–Trinajstić information content (AvgIpc) is 3.34. The number of aromatic nitrogens is 1. The second-order valence-corrected chi connectivity index (χ2v) is 11.4. The molecule has 0 aliphatic heterocycles. The van der Waals surface area contributed by atoms with Gasteiger partial charge in [0.2, 0.25) is 5.91 Å². The van der Waals surface area contributed by atoms with E-state index >= 15 is 0 Å². The van der Waals surface area contributed by atoms with Crippen molar-refractivity contribution in [2.75, 3.05) is 59.0 Å². The van der Waals surface area contributed by atoms with Crippen molar-refractivity contribution in [1.29, 1.82) is 0 Å². The van der Waals surface area contributed by atoms with Gasteiger partial charge in [0, 0.05) is 31.6 Å². The zero-order valence-corrected chi connectivity index (χ0v) is 24.6. The van der Waals surface area contributed by atoms with Gasteiger partial charge in [-0.25, -0.2) is 0 Å². The Morgan fingerprint density at radius 3 is 2.51 bits per heavy atom. The fourth-order valence-electron chi connectivity index (χ4n) is 4.61. The molecule has 0 saturated carbocycles. The molecular weight excluding hydrogens is 512 g/mol. The molecular formula is C30H44N4O4S. The Hall–Kier alpha value is -2.72. The maximum Gasteiger partial charge on any atom is 0.305 e. The van der Waals surface area contributed by atoms with Crippen LogP contribution in [0, 0.1) is 0 Å². The Morgan fingerprint density at radius 1 is 1.05 bits per heavy atom. The monoisotopic (exact) mass is 556 g/mol. The van der Waals surface area contributed by atoms with Crippen molar-refractivity contribution in [3.05, 3.63) is 63.3 Å². The Bertz CT molecular complexity index is 1220. The largest absolute Gasteiger partial charge is 0.506 e. The van der Waals surface area contributed by atoms with Gasteiger partial charge in [-0.15, -0.1) is 0 Å². The van der Waals surface area contributed by atoms with Crippen LogP contribution in [0.3, 0.4) is 0 Å². The smallest absolute Gasteiger partial charge is 0.305 e. The molecule has 0 unspecified atom stereocenters. The minimum Gasteiger partial charge on any atom is -0.506 e. The third-order valence-electron chi connectivity index (χ3n) is 7.18. The number of phenolic OH excluding ortho intramolecular Hbond substituents is 1. The maximum atomic E-state index is 13.1. The molecule has 0 bridgehead atoms. The summed E-state index contributed by atoms with van der Waals surface area (Å²) in [5, 5.41) is 13.4. The first kappa shape index (κ1) is 30.8. The van der Waals surface area contributed by atoms with Crippen LogP contribution >= 0.6 is 11.3 Å². The van der Waals surface area contributed by atoms with Crippen molar-refractivity contribution < 1.29 is 14.6 Å². The number of benzene rings is 2. The Morgan fingerprint density at radius 2 is 1.79 bits per heavy atom. The van der Waals surface area contributed by atoms with E-state index in [0.29, 0.717) is 51.3 Å². The fraction of sp³-hybridized carbons (Fsp3) is 0.533. The van der Waals surface area contributed by atoms with Gasteiger partial charge < -0.3 is 29.9 Å². The first-order valence-corrected chi connectivity index (χ1v) is 14.7. The van der Waals surface area contributed by atoms with Crippen LogP contribution in [0.1, 0.15) is 45.2 Å². The summed E-state index contributed by atoms with van der Waals surface area (Å²) in [5.74, 6) is 0.203. The van der Waals surface area contributed by atoms with Crippen LogP contribution in [0.4, 0.5) is 0 Å². The van der Waals surface area contributed by atoms with E-state index in [2.05, 4.69) is 55.0 Å². The minimum absolute atomic E-state index is 0.0926. The third-order valence-corrected chi connectivity index (χ3v) is 8.14. The molecule has 3 rings (SSSR count). The van der Waals surface area contributed by atoms with Crippen LogP contribution in [0.5, 0.6) is 5.75 Å². The van der Waals surface area contributed by atoms with E-state index in [1.54, 1.807) is 6.07 Å². The van der Waals surface area contributed by atoms with Gasteiger partial charge in [-0.3, -0.25) is 9.59 Å². The predicted octanol–water partition coefficient (Wildman–Crippen LogP) is 3.98. The summed E-state index contributed by atoms with van der Waals surface area (Å²) in [6, 6.07) is 13.8. The number of thiazole rings is 1. The summed E-state index contributed by atoms with van der Waals surface area (Å²) in [7, 11) is 0. The van der Waals surface area contributed by atoms with Crippen LogP contribution < -0.4 is 10.2 Å². The zero-order valence-electron chi connectivity index (χ0n) is 23.8. The van der Waals surface area contributed by atoms with Crippen LogP contribution in [0.15, 0.2) is 47.3 Å². The molecule has 0 atom stereocenters. The second kappa shape index (κ2) is 15.2. The van der Waals surface area contributed by atoms with Gasteiger partial charge in [-0.1, -0.05) is 75.4 Å². The van der Waals surface area contributed by atoms with Crippen LogP contribution in [0.2, 0.25) is 0 Å². The van der Waals surface area contributed by atoms with E-state index in [-0.39, 0.29) is 21.9 Å². The highest BCUT2D eigenvalue weighted by Gasteiger charge is 2.21. The van der Waals surface area contributed by atoms with E-state index < -0.39 is 0 Å². The van der Waals surface area contributed by atoms with Gasteiger partial charge in [-0.2, -0.15) is 0 Å². The molecule has 3 N–H and O–H groups in total. The van der Waals surface area contributed by atoms with Crippen molar-refractivity contribution >= 4 is 27.5 Å². The van der Waals surface area contributed by atoms with Gasteiger partial charge in [0.25, 0.3) is 0 Å². The SMILES string of the molecule is CCN(CC)CCN(CCNCCc1ccc(O)c2[nH]c(=O)sc12)C(=O)CCOCC(C)(C)c1ccccc1. The molecule has 39 heavy (non-hydrogen) atoms. The number of nitrogens with zero attached hydrogens (tertiary/aromatic N) is 2. The van der Waals surface area contributed by atoms with E-state index in [4.69, 9.17) is 4.74 Å². The molecule has 214 valence electrons. The number of phenols is 1. The molecule has 0 radical (unpaired) electrons. The van der Waals surface area contributed by atoms with Gasteiger partial charge in [0.05, 0.1) is 24.3 Å². The molecule has 0 aliphatic carbocycles. The number of hydrogen-bond acceptors (Lipinski definition) is 7. The number of ether oxygens (including phenoxy) is 1. The number of nitrogens with one attached hydrogen (secondary N) is 2. The normalized spacial score (nSPS) is 11.9. The van der Waals surface area contributed by atoms with Crippen molar-refractivity contribution in [3.8, 4) is 5.75 Å². The number of fused-ring (bicyclic) bond motifs is 1. The van der Waals surface area contributed by atoms with Gasteiger partial charge in [0.15, 0.2) is 0 Å². The lowest BCUT2D eigenvalue weighted by atomic mass is 9.86. The lowest BCUT2D eigenvalue weighted by Crippen LogP contribution is -2.42. The van der Waals surface area contributed by atoms with Crippen molar-refractivity contribution in [3.63, 3.8) is 0 Å². The maximum absolute atomic E-state index is 13.1. The van der Waals surface area contributed by atoms with Crippen LogP contribution in [-0.4, -0.2) is 84.8 Å². The highest BCUT2D eigenvalue weighted by molar-refractivity contribution is 7.16. The lowest BCUT2D eigenvalue weighted by Gasteiger charge is -2.27. The van der Waals surface area contributed by atoms with E-state index in [1.165, 1.54) is 5.56 Å². The molecule has 0 saturated heterocycles. The molecule has 2 aromatic carbocycles. The second-order valence-electron chi connectivity index (χ2n) is 10.4. The Labute approximate surface area is 236 Å². The summed E-state index contributed by atoms with van der Waals surface area (Å²) >= 11 is 1.12. The topological polar surface area (TPSA) is 97.9 Å². The van der Waals surface area contributed by atoms with E-state index in [0.717, 1.165) is 47.7 Å². The summed E-state index contributed by atoms with van der Waals surface area (Å²) in [6.07, 6.45) is 1.09. The molecule has 3 aromatic rings. The number of aromatic hydroxyl groups is 1. The zero-order chi connectivity index (χ0) is 28.3. The van der Waals surface area contributed by atoms with Gasteiger partial charge >= 0.3 is 4.87 Å². The van der Waals surface area contributed by atoms with Crippen molar-refractivity contribution in [2.24, 2.45) is 0 Å². The quantitative estimate of drug-likeness (QED) is 0.218. The number of likely N-dealkylation sites (N-methyl/N-ethyl adjacent to an activating group) is 1. The number of H-pyrrole nitrogens is 1. The van der Waals surface area contributed by atoms with Gasteiger partial charge in [0.1, 0.15) is 11.3 Å². The van der Waals surface area contributed by atoms with Crippen molar-refractivity contribution in [1.82, 2.24) is 20.1 Å². The summed E-state index contributed by atoms with van der Waals surface area (Å²) in [4.78, 5) is 31.7. The highest BCUT2D eigenvalue weighted by atomic mass is 32.1. The fourth-order valence-corrected chi connectivity index (χ4v) is 5.51. The summed E-state index contributed by atoms with van der Waals surface area (Å²) in [5.41, 5.74) is 2.63. The predicted molar refractivity (Wildman–Crippen MR) is 160 cm³/mol. The Balaban J connectivity index is 1.47. The summed E-state index contributed by atoms with van der Waals surface area (Å²) in [6.45, 7) is 15.0. The molecule has 1 heterocycles. The first-order valence-electron chi connectivity index (χ1n) is 13.9. The molecule has 8 nitrogen and oxygen atoms in total. The molecule has 1 aromatic heterocycles. The molecule has 0 aliphatic rings. The standard InChI is InChI=1S/C30H44N4O4S/c1-5-33(6-2)19-20-34(26(36)15-21-38-22-30(3,4)24-10-8-7-9-11-24)18-17-31-16-14-23-12-13-25(35)27-28(23)39-29(37)32-27/h7-13,31,35H,5-6,14-22H2,1-4H3,(H,32,37). The molecule has 0 spiro atoms. The lowest BCUT2D eigenvalue weighted by molar-refractivity contribution is -0.132. The number of carbonyl (C=O) groups excluding carboxylic acids is 1. The number of amides is 1. The number of hydrogen-bond donors (Lipinski definition) is 3. The summed E-state index contributed by atoms with van der Waals surface area (Å²) < 4.78 is 6.76. The third kappa shape index (κ3) is 9.17. The minimum atomic E-state index is -0.171. The number of carbonyl (C=O) groups is 1. The van der Waals surface area contributed by atoms with E-state index in [1.807, 2.05) is 29.2 Å². The van der Waals surface area contributed by atoms with Crippen molar-refractivity contribution in [2.45, 2.75) is 46.0 Å². The highest BCUT2D eigenvalue weighted by Crippen LogP contribution is 2.28. The number of rotatable bonds is 17. The van der Waals surface area contributed by atoms with Crippen LogP contribution in [-0.2, 0) is 21.4 Å². The van der Waals surface area contributed by atoms with Gasteiger partial charge in [-0.05, 0) is 43.2 Å². The average molecular weight is 557 g/mol. The Kier molecular flexibility index (Phi) is 12.0. The van der Waals surface area contributed by atoms with E-state index in [9.17, 15) is 14.7 Å². The molecule has 9 heteroatoms.